The van der Waals surface area contributed by atoms with Crippen LogP contribution in [0.5, 0.6) is 0 Å². The maximum absolute atomic E-state index is 5.91. The van der Waals surface area contributed by atoms with Crippen molar-refractivity contribution in [1.82, 2.24) is 4.90 Å². The molecule has 0 saturated heterocycles. The summed E-state index contributed by atoms with van der Waals surface area (Å²) in [6.07, 6.45) is 0. The molecule has 5 heteroatoms. The average molecular weight is 390 g/mol. The molecule has 0 saturated carbocycles. The highest BCUT2D eigenvalue weighted by atomic mass is 127. The van der Waals surface area contributed by atoms with Gasteiger partial charge < -0.3 is 16.0 Å². The second-order valence-corrected chi connectivity index (χ2v) is 6.09. The molecular formula is C15H27IN4. The predicted octanol–water partition coefficient (Wildman–Crippen LogP) is 2.93. The van der Waals surface area contributed by atoms with Crippen molar-refractivity contribution in [3.8, 4) is 0 Å². The fraction of sp³-hybridized carbons (Fsp3) is 0.533. The summed E-state index contributed by atoms with van der Waals surface area (Å²) in [5.74, 6) is 0.468. The highest BCUT2D eigenvalue weighted by Gasteiger charge is 2.18. The molecule has 4 nitrogen and oxygen atoms in total. The standard InChI is InChI=1S/C15H26N4.HI/c1-12-6-8-13(9-7-12)18-14(16)17-10-15(2,3)11-19(4)5;/h6-9H,10-11H2,1-5H3,(H3,16,17,18);1H. The molecule has 1 aromatic carbocycles. The molecule has 0 fully saturated rings. The van der Waals surface area contributed by atoms with E-state index in [0.717, 1.165) is 12.2 Å². The minimum absolute atomic E-state index is 0. The predicted molar refractivity (Wildman–Crippen MR) is 99.0 cm³/mol. The van der Waals surface area contributed by atoms with E-state index in [1.165, 1.54) is 5.56 Å². The van der Waals surface area contributed by atoms with Crippen molar-refractivity contribution in [3.05, 3.63) is 29.8 Å². The summed E-state index contributed by atoms with van der Waals surface area (Å²) in [5.41, 5.74) is 8.22. The first-order valence-electron chi connectivity index (χ1n) is 6.57. The van der Waals surface area contributed by atoms with Gasteiger partial charge in [0.05, 0.1) is 0 Å². The average Bonchev–Trinajstić information content (AvgIpc) is 2.28. The summed E-state index contributed by atoms with van der Waals surface area (Å²) in [5, 5.41) is 3.11. The maximum Gasteiger partial charge on any atom is 0.193 e. The molecule has 0 heterocycles. The van der Waals surface area contributed by atoms with Crippen LogP contribution >= 0.6 is 24.0 Å². The van der Waals surface area contributed by atoms with Crippen LogP contribution in [0.4, 0.5) is 5.69 Å². The van der Waals surface area contributed by atoms with Gasteiger partial charge in [0, 0.05) is 18.8 Å². The first-order valence-corrected chi connectivity index (χ1v) is 6.57. The number of hydrogen-bond donors (Lipinski definition) is 2. The van der Waals surface area contributed by atoms with Crippen LogP contribution in [0.2, 0.25) is 0 Å². The number of guanidine groups is 1. The van der Waals surface area contributed by atoms with Crippen LogP contribution in [-0.2, 0) is 0 Å². The second kappa shape index (κ2) is 8.46. The summed E-state index contributed by atoms with van der Waals surface area (Å²) in [4.78, 5) is 6.59. The molecule has 0 bridgehead atoms. The molecule has 0 aliphatic rings. The molecule has 0 aliphatic carbocycles. The molecular weight excluding hydrogens is 363 g/mol. The van der Waals surface area contributed by atoms with Gasteiger partial charge in [-0.05, 0) is 38.6 Å². The Balaban J connectivity index is 0.00000361. The van der Waals surface area contributed by atoms with Crippen molar-refractivity contribution in [1.29, 1.82) is 0 Å². The lowest BCUT2D eigenvalue weighted by Gasteiger charge is -2.26. The van der Waals surface area contributed by atoms with Crippen LogP contribution in [0.3, 0.4) is 0 Å². The quantitative estimate of drug-likeness (QED) is 0.462. The van der Waals surface area contributed by atoms with Crippen LogP contribution in [0.1, 0.15) is 19.4 Å². The number of rotatable bonds is 5. The van der Waals surface area contributed by atoms with Crippen molar-refractivity contribution in [3.63, 3.8) is 0 Å². The van der Waals surface area contributed by atoms with Gasteiger partial charge >= 0.3 is 0 Å². The number of aliphatic imine (C=N–C) groups is 1. The number of benzene rings is 1. The monoisotopic (exact) mass is 390 g/mol. The normalized spacial score (nSPS) is 12.2. The van der Waals surface area contributed by atoms with E-state index >= 15 is 0 Å². The fourth-order valence-electron chi connectivity index (χ4n) is 2.03. The Labute approximate surface area is 139 Å². The van der Waals surface area contributed by atoms with Crippen molar-refractivity contribution in [2.75, 3.05) is 32.5 Å². The summed E-state index contributed by atoms with van der Waals surface area (Å²) in [6.45, 7) is 8.13. The lowest BCUT2D eigenvalue weighted by Crippen LogP contribution is -2.32. The van der Waals surface area contributed by atoms with Crippen molar-refractivity contribution < 1.29 is 0 Å². The molecule has 0 aliphatic heterocycles. The Morgan fingerprint density at radius 3 is 2.30 bits per heavy atom. The highest BCUT2D eigenvalue weighted by molar-refractivity contribution is 14.0. The van der Waals surface area contributed by atoms with Crippen molar-refractivity contribution in [2.24, 2.45) is 16.1 Å². The van der Waals surface area contributed by atoms with Gasteiger partial charge in [0.2, 0.25) is 0 Å². The number of nitrogens with zero attached hydrogens (tertiary/aromatic N) is 2. The molecule has 0 atom stereocenters. The largest absolute Gasteiger partial charge is 0.370 e. The topological polar surface area (TPSA) is 53.6 Å². The van der Waals surface area contributed by atoms with E-state index in [-0.39, 0.29) is 29.4 Å². The molecule has 20 heavy (non-hydrogen) atoms. The van der Waals surface area contributed by atoms with E-state index in [2.05, 4.69) is 50.1 Å². The number of anilines is 1. The van der Waals surface area contributed by atoms with E-state index in [1.807, 2.05) is 24.3 Å². The maximum atomic E-state index is 5.91. The Kier molecular flexibility index (Phi) is 8.12. The first kappa shape index (κ1) is 19.2. The van der Waals surface area contributed by atoms with Crippen LogP contribution in [0.15, 0.2) is 29.3 Å². The van der Waals surface area contributed by atoms with E-state index in [1.54, 1.807) is 0 Å². The molecule has 0 spiro atoms. The Hall–Kier alpha value is -0.820. The van der Waals surface area contributed by atoms with Crippen molar-refractivity contribution >= 4 is 35.6 Å². The van der Waals surface area contributed by atoms with Gasteiger partial charge in [-0.15, -0.1) is 24.0 Å². The molecule has 114 valence electrons. The molecule has 1 rings (SSSR count). The number of nitrogens with two attached hydrogens (primary N) is 1. The molecule has 1 aromatic rings. The lowest BCUT2D eigenvalue weighted by molar-refractivity contribution is 0.249. The first-order chi connectivity index (χ1) is 8.78. The zero-order valence-electron chi connectivity index (χ0n) is 13.1. The van der Waals surface area contributed by atoms with Crippen LogP contribution < -0.4 is 11.1 Å². The van der Waals surface area contributed by atoms with E-state index in [9.17, 15) is 0 Å². The zero-order chi connectivity index (χ0) is 14.5. The minimum atomic E-state index is 0. The van der Waals surface area contributed by atoms with Crippen LogP contribution in [0, 0.1) is 12.3 Å². The third kappa shape index (κ3) is 7.69. The molecule has 0 radical (unpaired) electrons. The van der Waals surface area contributed by atoms with E-state index in [0.29, 0.717) is 12.5 Å². The summed E-state index contributed by atoms with van der Waals surface area (Å²) in [6, 6.07) is 8.10. The molecule has 3 N–H and O–H groups in total. The van der Waals surface area contributed by atoms with Crippen LogP contribution in [-0.4, -0.2) is 38.0 Å². The van der Waals surface area contributed by atoms with Crippen LogP contribution in [0.25, 0.3) is 0 Å². The number of aryl methyl sites for hydroxylation is 1. The smallest absolute Gasteiger partial charge is 0.193 e. The summed E-state index contributed by atoms with van der Waals surface area (Å²) in [7, 11) is 4.14. The van der Waals surface area contributed by atoms with E-state index in [4.69, 9.17) is 5.73 Å². The number of halogens is 1. The number of hydrogen-bond acceptors (Lipinski definition) is 2. The van der Waals surface area contributed by atoms with Gasteiger partial charge in [0.1, 0.15) is 0 Å². The lowest BCUT2D eigenvalue weighted by atomic mass is 9.93. The highest BCUT2D eigenvalue weighted by Crippen LogP contribution is 2.16. The Morgan fingerprint density at radius 2 is 1.80 bits per heavy atom. The summed E-state index contributed by atoms with van der Waals surface area (Å²) < 4.78 is 0. The van der Waals surface area contributed by atoms with E-state index < -0.39 is 0 Å². The number of nitrogens with one attached hydrogen (secondary N) is 1. The van der Waals surface area contributed by atoms with Gasteiger partial charge in [-0.25, -0.2) is 0 Å². The minimum Gasteiger partial charge on any atom is -0.370 e. The molecule has 0 amide bonds. The van der Waals surface area contributed by atoms with Gasteiger partial charge in [0.25, 0.3) is 0 Å². The van der Waals surface area contributed by atoms with Gasteiger partial charge in [-0.2, -0.15) is 0 Å². The second-order valence-electron chi connectivity index (χ2n) is 6.09. The zero-order valence-corrected chi connectivity index (χ0v) is 15.4. The van der Waals surface area contributed by atoms with Gasteiger partial charge in [0.15, 0.2) is 5.96 Å². The Bertz CT molecular complexity index is 424. The van der Waals surface area contributed by atoms with Gasteiger partial charge in [-0.3, -0.25) is 4.99 Å². The fourth-order valence-corrected chi connectivity index (χ4v) is 2.03. The Morgan fingerprint density at radius 1 is 1.25 bits per heavy atom. The third-order valence-electron chi connectivity index (χ3n) is 2.75. The summed E-state index contributed by atoms with van der Waals surface area (Å²) >= 11 is 0. The molecule has 0 aromatic heterocycles. The molecule has 0 unspecified atom stereocenters. The SMILES string of the molecule is Cc1ccc(NC(N)=NCC(C)(C)CN(C)C)cc1.I. The van der Waals surface area contributed by atoms with Gasteiger partial charge in [-0.1, -0.05) is 31.5 Å². The van der Waals surface area contributed by atoms with Crippen molar-refractivity contribution in [2.45, 2.75) is 20.8 Å². The third-order valence-corrected chi connectivity index (χ3v) is 2.75.